The number of rotatable bonds is 5. The molecule has 2 aromatic rings. The smallest absolute Gasteiger partial charge is 0.288 e. The molecule has 1 aliphatic heterocycles. The first-order chi connectivity index (χ1) is 11.6. The number of hydrogen-bond donors (Lipinski definition) is 3. The van der Waals surface area contributed by atoms with Gasteiger partial charge in [0.15, 0.2) is 0 Å². The number of hydrogen-bond acceptors (Lipinski definition) is 4. The average Bonchev–Trinajstić information content (AvgIpc) is 3.07. The molecule has 1 saturated heterocycles. The van der Waals surface area contributed by atoms with E-state index in [0.29, 0.717) is 28.8 Å². The summed E-state index contributed by atoms with van der Waals surface area (Å²) in [5.74, 6) is -2.78. The predicted molar refractivity (Wildman–Crippen MR) is 90.8 cm³/mol. The summed E-state index contributed by atoms with van der Waals surface area (Å²) in [6.07, 6.45) is 0.583. The molecule has 0 aromatic heterocycles. The van der Waals surface area contributed by atoms with Crippen LogP contribution in [0.2, 0.25) is 0 Å². The van der Waals surface area contributed by atoms with Gasteiger partial charge in [-0.1, -0.05) is 54.2 Å². The minimum Gasteiger partial charge on any atom is -0.324 e. The van der Waals surface area contributed by atoms with Gasteiger partial charge >= 0.3 is 0 Å². The number of halogens is 2. The number of alkyl halides is 2. The fourth-order valence-electron chi connectivity index (χ4n) is 2.62. The second-order valence-corrected chi connectivity index (χ2v) is 6.44. The Morgan fingerprint density at radius 1 is 1.08 bits per heavy atom. The molecule has 1 heterocycles. The van der Waals surface area contributed by atoms with Gasteiger partial charge in [-0.25, -0.2) is 10.9 Å². The van der Waals surface area contributed by atoms with Gasteiger partial charge in [0.1, 0.15) is 6.04 Å². The van der Waals surface area contributed by atoms with E-state index in [2.05, 4.69) is 16.2 Å². The van der Waals surface area contributed by atoms with Crippen LogP contribution in [0.4, 0.5) is 14.5 Å². The van der Waals surface area contributed by atoms with Crippen molar-refractivity contribution in [2.75, 3.05) is 5.32 Å². The Morgan fingerprint density at radius 2 is 1.79 bits per heavy atom. The molecule has 3 N–H and O–H groups in total. The fourth-order valence-corrected chi connectivity index (χ4v) is 3.22. The lowest BCUT2D eigenvalue weighted by Crippen LogP contribution is -2.39. The molecule has 4 nitrogen and oxygen atoms in total. The van der Waals surface area contributed by atoms with Gasteiger partial charge in [0.2, 0.25) is 5.91 Å². The molecular weight excluding hydrogens is 332 g/mol. The predicted octanol–water partition coefficient (Wildman–Crippen LogP) is 3.55. The summed E-state index contributed by atoms with van der Waals surface area (Å²) < 4.78 is 25.2. The van der Waals surface area contributed by atoms with Crippen LogP contribution < -0.4 is 16.2 Å². The number of hydrazine groups is 1. The summed E-state index contributed by atoms with van der Waals surface area (Å²) in [6.45, 7) is 0. The molecule has 1 amide bonds. The Morgan fingerprint density at radius 3 is 2.54 bits per heavy atom. The van der Waals surface area contributed by atoms with Gasteiger partial charge in [0, 0.05) is 10.9 Å². The number of para-hydroxylation sites is 1. The zero-order valence-electron chi connectivity index (χ0n) is 12.7. The number of thioether (sulfide) groups is 1. The number of nitrogens with one attached hydrogen (secondary N) is 3. The minimum absolute atomic E-state index is 0.0348. The minimum atomic E-state index is -2.53. The Kier molecular flexibility index (Phi) is 5.44. The molecule has 3 rings (SSSR count). The van der Waals surface area contributed by atoms with Crippen LogP contribution in [-0.4, -0.2) is 17.7 Å². The van der Waals surface area contributed by atoms with E-state index in [1.54, 1.807) is 24.3 Å². The standard InChI is InChI=1S/C17H17F2N3OS/c18-17(19)24-15-9-5-4-8-12(15)20-16(23)14-10-13(21-22-14)11-6-2-1-3-7-11/h1-9,13-14,17,21-22H,10H2,(H,20,23). The summed E-state index contributed by atoms with van der Waals surface area (Å²) in [6, 6.07) is 16.0. The number of carbonyl (C=O) groups is 1. The van der Waals surface area contributed by atoms with Crippen molar-refractivity contribution in [1.82, 2.24) is 10.9 Å². The van der Waals surface area contributed by atoms with E-state index in [1.807, 2.05) is 30.3 Å². The lowest BCUT2D eigenvalue weighted by Gasteiger charge is -2.13. The van der Waals surface area contributed by atoms with Crippen LogP contribution in [-0.2, 0) is 4.79 Å². The normalized spacial score (nSPS) is 20.3. The largest absolute Gasteiger partial charge is 0.324 e. The van der Waals surface area contributed by atoms with E-state index in [0.717, 1.165) is 5.56 Å². The molecule has 2 aromatic carbocycles. The maximum atomic E-state index is 12.6. The van der Waals surface area contributed by atoms with Crippen LogP contribution in [0.25, 0.3) is 0 Å². The molecule has 1 aliphatic rings. The van der Waals surface area contributed by atoms with Crippen LogP contribution in [0.1, 0.15) is 18.0 Å². The number of anilines is 1. The van der Waals surface area contributed by atoms with Gasteiger partial charge in [0.25, 0.3) is 5.76 Å². The van der Waals surface area contributed by atoms with Crippen molar-refractivity contribution in [2.24, 2.45) is 0 Å². The van der Waals surface area contributed by atoms with Gasteiger partial charge in [-0.3, -0.25) is 4.79 Å². The second-order valence-electron chi connectivity index (χ2n) is 5.40. The molecule has 0 spiro atoms. The number of benzene rings is 2. The highest BCUT2D eigenvalue weighted by Gasteiger charge is 2.30. The van der Waals surface area contributed by atoms with Crippen LogP contribution >= 0.6 is 11.8 Å². The molecule has 0 radical (unpaired) electrons. The van der Waals surface area contributed by atoms with Crippen molar-refractivity contribution in [3.05, 3.63) is 60.2 Å². The monoisotopic (exact) mass is 349 g/mol. The molecule has 0 bridgehead atoms. The number of amides is 1. The van der Waals surface area contributed by atoms with Gasteiger partial charge in [-0.15, -0.1) is 0 Å². The lowest BCUT2D eigenvalue weighted by atomic mass is 10.0. The molecule has 126 valence electrons. The summed E-state index contributed by atoms with van der Waals surface area (Å²) in [7, 11) is 0. The second kappa shape index (κ2) is 7.74. The summed E-state index contributed by atoms with van der Waals surface area (Å²) in [4.78, 5) is 12.8. The zero-order chi connectivity index (χ0) is 16.9. The van der Waals surface area contributed by atoms with Crippen molar-refractivity contribution in [3.8, 4) is 0 Å². The molecule has 7 heteroatoms. The maximum Gasteiger partial charge on any atom is 0.288 e. The summed E-state index contributed by atoms with van der Waals surface area (Å²) in [5.41, 5.74) is 7.56. The highest BCUT2D eigenvalue weighted by molar-refractivity contribution is 7.99. The van der Waals surface area contributed by atoms with E-state index >= 15 is 0 Å². The Balaban J connectivity index is 1.64. The Hall–Kier alpha value is -1.96. The molecule has 0 aliphatic carbocycles. The van der Waals surface area contributed by atoms with Gasteiger partial charge in [0.05, 0.1) is 5.69 Å². The topological polar surface area (TPSA) is 53.2 Å². The zero-order valence-corrected chi connectivity index (χ0v) is 13.5. The van der Waals surface area contributed by atoms with Crippen molar-refractivity contribution in [3.63, 3.8) is 0 Å². The fraction of sp³-hybridized carbons (Fsp3) is 0.235. The molecular formula is C17H17F2N3OS. The molecule has 2 atom stereocenters. The van der Waals surface area contributed by atoms with Crippen molar-refractivity contribution < 1.29 is 13.6 Å². The summed E-state index contributed by atoms with van der Waals surface area (Å²) >= 11 is 0.423. The Labute approximate surface area is 143 Å². The SMILES string of the molecule is O=C(Nc1ccccc1SC(F)F)C1CC(c2ccccc2)NN1. The first kappa shape index (κ1) is 16.9. The van der Waals surface area contributed by atoms with Crippen molar-refractivity contribution in [2.45, 2.75) is 29.2 Å². The maximum absolute atomic E-state index is 12.6. The molecule has 24 heavy (non-hydrogen) atoms. The first-order valence-corrected chi connectivity index (χ1v) is 8.42. The van der Waals surface area contributed by atoms with Gasteiger partial charge in [-0.2, -0.15) is 8.78 Å². The first-order valence-electron chi connectivity index (χ1n) is 7.54. The van der Waals surface area contributed by atoms with Crippen LogP contribution in [0.3, 0.4) is 0 Å². The van der Waals surface area contributed by atoms with E-state index in [9.17, 15) is 13.6 Å². The lowest BCUT2D eigenvalue weighted by molar-refractivity contribution is -0.117. The number of carbonyl (C=O) groups excluding carboxylic acids is 1. The third-order valence-electron chi connectivity index (χ3n) is 3.78. The van der Waals surface area contributed by atoms with Crippen LogP contribution in [0.5, 0.6) is 0 Å². The van der Waals surface area contributed by atoms with Gasteiger partial charge < -0.3 is 5.32 Å². The van der Waals surface area contributed by atoms with E-state index < -0.39 is 11.8 Å². The van der Waals surface area contributed by atoms with Crippen LogP contribution in [0, 0.1) is 0 Å². The van der Waals surface area contributed by atoms with Crippen LogP contribution in [0.15, 0.2) is 59.5 Å². The van der Waals surface area contributed by atoms with E-state index in [1.165, 1.54) is 0 Å². The summed E-state index contributed by atoms with van der Waals surface area (Å²) in [5, 5.41) is 2.73. The average molecular weight is 349 g/mol. The van der Waals surface area contributed by atoms with E-state index in [4.69, 9.17) is 0 Å². The van der Waals surface area contributed by atoms with Crippen molar-refractivity contribution >= 4 is 23.4 Å². The van der Waals surface area contributed by atoms with Gasteiger partial charge in [-0.05, 0) is 24.1 Å². The third-order valence-corrected chi connectivity index (χ3v) is 4.57. The highest BCUT2D eigenvalue weighted by Crippen LogP contribution is 2.32. The molecule has 2 unspecified atom stereocenters. The Bertz CT molecular complexity index is 699. The van der Waals surface area contributed by atoms with E-state index in [-0.39, 0.29) is 11.9 Å². The molecule has 1 fully saturated rings. The molecule has 0 saturated carbocycles. The quantitative estimate of drug-likeness (QED) is 0.723. The highest BCUT2D eigenvalue weighted by atomic mass is 32.2. The van der Waals surface area contributed by atoms with Crippen molar-refractivity contribution in [1.29, 1.82) is 0 Å². The third kappa shape index (κ3) is 4.11.